The molecule has 0 spiro atoms. The van der Waals surface area contributed by atoms with Crippen LogP contribution in [-0.4, -0.2) is 47.2 Å². The molecule has 20 heavy (non-hydrogen) atoms. The normalized spacial score (nSPS) is 13.7. The van der Waals surface area contributed by atoms with E-state index in [0.29, 0.717) is 0 Å². The smallest absolute Gasteiger partial charge is 0.304 e. The zero-order valence-electron chi connectivity index (χ0n) is 12.0. The van der Waals surface area contributed by atoms with Gasteiger partial charge in [-0.05, 0) is 13.8 Å². The number of hydrogen-bond donors (Lipinski definition) is 2. The summed E-state index contributed by atoms with van der Waals surface area (Å²) in [5.74, 6) is -1.04. The Kier molecular flexibility index (Phi) is 5.26. The fourth-order valence-corrected chi connectivity index (χ4v) is 2.78. The number of carbonyl (C=O) groups is 1. The van der Waals surface area contributed by atoms with E-state index in [2.05, 4.69) is 9.82 Å². The highest BCUT2D eigenvalue weighted by molar-refractivity contribution is 7.87. The van der Waals surface area contributed by atoms with E-state index in [0.717, 1.165) is 15.6 Å². The maximum absolute atomic E-state index is 12.0. The Morgan fingerprint density at radius 2 is 2.20 bits per heavy atom. The summed E-state index contributed by atoms with van der Waals surface area (Å²) in [6.07, 6.45) is 1.37. The lowest BCUT2D eigenvalue weighted by Crippen LogP contribution is -2.40. The van der Waals surface area contributed by atoms with Crippen LogP contribution < -0.4 is 4.72 Å². The number of carboxylic acid groups (broad SMARTS) is 1. The lowest BCUT2D eigenvalue weighted by atomic mass is 10.1. The lowest BCUT2D eigenvalue weighted by Gasteiger charge is -2.20. The molecule has 0 amide bonds. The van der Waals surface area contributed by atoms with Gasteiger partial charge in [-0.15, -0.1) is 0 Å². The Morgan fingerprint density at radius 3 is 2.65 bits per heavy atom. The van der Waals surface area contributed by atoms with Crippen LogP contribution in [0.1, 0.15) is 30.6 Å². The van der Waals surface area contributed by atoms with E-state index >= 15 is 0 Å². The highest BCUT2D eigenvalue weighted by Crippen LogP contribution is 2.17. The number of hydrogen-bond acceptors (Lipinski definition) is 4. The highest BCUT2D eigenvalue weighted by Gasteiger charge is 2.23. The number of nitrogens with zero attached hydrogens (tertiary/aromatic N) is 3. The Hall–Kier alpha value is -1.45. The van der Waals surface area contributed by atoms with Gasteiger partial charge in [0.25, 0.3) is 10.2 Å². The monoisotopic (exact) mass is 304 g/mol. The third kappa shape index (κ3) is 4.02. The van der Waals surface area contributed by atoms with Gasteiger partial charge < -0.3 is 5.11 Å². The van der Waals surface area contributed by atoms with E-state index in [-0.39, 0.29) is 13.0 Å². The van der Waals surface area contributed by atoms with Crippen molar-refractivity contribution in [2.45, 2.75) is 26.3 Å². The first kappa shape index (κ1) is 16.6. The minimum Gasteiger partial charge on any atom is -0.481 e. The van der Waals surface area contributed by atoms with Crippen LogP contribution in [0.4, 0.5) is 0 Å². The van der Waals surface area contributed by atoms with E-state index in [1.807, 2.05) is 6.92 Å². The molecule has 0 saturated heterocycles. The summed E-state index contributed by atoms with van der Waals surface area (Å²) in [4.78, 5) is 10.5. The molecule has 8 nitrogen and oxygen atoms in total. The second-order valence-electron chi connectivity index (χ2n) is 4.62. The van der Waals surface area contributed by atoms with E-state index in [1.165, 1.54) is 7.05 Å². The maximum atomic E-state index is 12.0. The topological polar surface area (TPSA) is 105 Å². The van der Waals surface area contributed by atoms with Crippen molar-refractivity contribution < 1.29 is 18.3 Å². The van der Waals surface area contributed by atoms with Gasteiger partial charge in [-0.3, -0.25) is 9.48 Å². The largest absolute Gasteiger partial charge is 0.481 e. The molecular formula is C11H20N4O4S. The van der Waals surface area contributed by atoms with Crippen LogP contribution in [0.15, 0.2) is 6.20 Å². The van der Waals surface area contributed by atoms with Crippen molar-refractivity contribution in [1.29, 1.82) is 0 Å². The van der Waals surface area contributed by atoms with E-state index < -0.39 is 22.2 Å². The molecule has 1 unspecified atom stereocenters. The van der Waals surface area contributed by atoms with Gasteiger partial charge in [0.2, 0.25) is 0 Å². The van der Waals surface area contributed by atoms with Crippen LogP contribution in [0.5, 0.6) is 0 Å². The molecule has 1 rings (SSSR count). The molecule has 9 heteroatoms. The first-order valence-corrected chi connectivity index (χ1v) is 7.53. The standard InChI is InChI=1S/C11H20N4O4S/c1-8(10-7-12-15(4)9(10)2)13-20(18,19)14(3)6-5-11(16)17/h7-8,13H,5-6H2,1-4H3,(H,16,17). The lowest BCUT2D eigenvalue weighted by molar-refractivity contribution is -0.137. The second kappa shape index (κ2) is 6.33. The predicted molar refractivity (Wildman–Crippen MR) is 73.3 cm³/mol. The Bertz CT molecular complexity index is 581. The molecule has 0 aliphatic rings. The molecule has 114 valence electrons. The third-order valence-corrected chi connectivity index (χ3v) is 4.77. The van der Waals surface area contributed by atoms with E-state index in [1.54, 1.807) is 24.9 Å². The molecule has 1 aromatic rings. The zero-order chi connectivity index (χ0) is 15.5. The third-order valence-electron chi connectivity index (χ3n) is 3.12. The summed E-state index contributed by atoms with van der Waals surface area (Å²) in [5, 5.41) is 12.6. The Morgan fingerprint density at radius 1 is 1.60 bits per heavy atom. The minimum atomic E-state index is -3.73. The molecule has 0 aliphatic carbocycles. The zero-order valence-corrected chi connectivity index (χ0v) is 12.8. The minimum absolute atomic E-state index is 0.0800. The van der Waals surface area contributed by atoms with Gasteiger partial charge in [-0.25, -0.2) is 0 Å². The van der Waals surface area contributed by atoms with Crippen molar-refractivity contribution in [1.82, 2.24) is 18.8 Å². The van der Waals surface area contributed by atoms with Crippen molar-refractivity contribution in [2.24, 2.45) is 7.05 Å². The molecule has 0 bridgehead atoms. The molecule has 0 fully saturated rings. The van der Waals surface area contributed by atoms with Crippen LogP contribution in [0.25, 0.3) is 0 Å². The predicted octanol–water partition coefficient (Wildman–Crippen LogP) is 0.0304. The van der Waals surface area contributed by atoms with Crippen LogP contribution in [-0.2, 0) is 22.1 Å². The van der Waals surface area contributed by atoms with E-state index in [4.69, 9.17) is 5.11 Å². The fraction of sp³-hybridized carbons (Fsp3) is 0.636. The Balaban J connectivity index is 2.75. The summed E-state index contributed by atoms with van der Waals surface area (Å²) in [5.41, 5.74) is 1.65. The number of aromatic nitrogens is 2. The number of aryl methyl sites for hydroxylation is 1. The molecule has 1 atom stereocenters. The molecular weight excluding hydrogens is 284 g/mol. The molecule has 2 N–H and O–H groups in total. The second-order valence-corrected chi connectivity index (χ2v) is 6.43. The summed E-state index contributed by atoms with van der Waals surface area (Å²) in [6, 6.07) is -0.444. The number of aliphatic carboxylic acids is 1. The van der Waals surface area contributed by atoms with Gasteiger partial charge in [-0.1, -0.05) is 0 Å². The number of nitrogens with one attached hydrogen (secondary N) is 1. The quantitative estimate of drug-likeness (QED) is 0.739. The van der Waals surface area contributed by atoms with Crippen LogP contribution >= 0.6 is 0 Å². The van der Waals surface area contributed by atoms with Crippen molar-refractivity contribution in [3.8, 4) is 0 Å². The first-order chi connectivity index (χ1) is 9.15. The number of carboxylic acids is 1. The highest BCUT2D eigenvalue weighted by atomic mass is 32.2. The first-order valence-electron chi connectivity index (χ1n) is 6.09. The van der Waals surface area contributed by atoms with Gasteiger partial charge in [0.15, 0.2) is 0 Å². The summed E-state index contributed by atoms with van der Waals surface area (Å²) < 4.78 is 29.2. The Labute approximate surface area is 118 Å². The summed E-state index contributed by atoms with van der Waals surface area (Å²) in [7, 11) is -0.610. The molecule has 0 aliphatic heterocycles. The van der Waals surface area contributed by atoms with Gasteiger partial charge in [0.05, 0.1) is 12.6 Å². The number of rotatable bonds is 7. The molecule has 1 aromatic heterocycles. The molecule has 0 saturated carbocycles. The molecule has 0 aromatic carbocycles. The maximum Gasteiger partial charge on any atom is 0.304 e. The van der Waals surface area contributed by atoms with Crippen molar-refractivity contribution in [2.75, 3.05) is 13.6 Å². The van der Waals surface area contributed by atoms with Crippen molar-refractivity contribution >= 4 is 16.2 Å². The van der Waals surface area contributed by atoms with Gasteiger partial charge >= 0.3 is 5.97 Å². The van der Waals surface area contributed by atoms with Gasteiger partial charge in [0, 0.05) is 37.9 Å². The summed E-state index contributed by atoms with van der Waals surface area (Å²) in [6.45, 7) is 3.48. The van der Waals surface area contributed by atoms with E-state index in [9.17, 15) is 13.2 Å². The van der Waals surface area contributed by atoms with Gasteiger partial charge in [-0.2, -0.15) is 22.5 Å². The fourth-order valence-electron chi connectivity index (χ4n) is 1.69. The molecule has 1 heterocycles. The average molecular weight is 304 g/mol. The molecule has 0 radical (unpaired) electrons. The average Bonchev–Trinajstić information content (AvgIpc) is 2.66. The van der Waals surface area contributed by atoms with Crippen LogP contribution in [0.2, 0.25) is 0 Å². The van der Waals surface area contributed by atoms with Crippen LogP contribution in [0, 0.1) is 6.92 Å². The SMILES string of the molecule is Cc1c(C(C)NS(=O)(=O)N(C)CCC(=O)O)cnn1C. The van der Waals surface area contributed by atoms with Gasteiger partial charge in [0.1, 0.15) is 0 Å². The van der Waals surface area contributed by atoms with Crippen molar-refractivity contribution in [3.05, 3.63) is 17.5 Å². The summed E-state index contributed by atoms with van der Waals surface area (Å²) >= 11 is 0. The van der Waals surface area contributed by atoms with Crippen LogP contribution in [0.3, 0.4) is 0 Å². The van der Waals surface area contributed by atoms with Crippen molar-refractivity contribution in [3.63, 3.8) is 0 Å².